The molecule has 0 spiro atoms. The van der Waals surface area contributed by atoms with Crippen LogP contribution in [0.1, 0.15) is 62.1 Å². The van der Waals surface area contributed by atoms with Crippen molar-refractivity contribution in [2.45, 2.75) is 69.9 Å². The van der Waals surface area contributed by atoms with Crippen molar-refractivity contribution >= 4 is 17.8 Å². The maximum atomic E-state index is 13.1. The van der Waals surface area contributed by atoms with E-state index < -0.39 is 11.6 Å². The lowest BCUT2D eigenvalue weighted by Gasteiger charge is -2.32. The van der Waals surface area contributed by atoms with Gasteiger partial charge in [0.1, 0.15) is 12.1 Å². The lowest BCUT2D eigenvalue weighted by molar-refractivity contribution is -0.139. The first-order valence-corrected chi connectivity index (χ1v) is 10.4. The van der Waals surface area contributed by atoms with Gasteiger partial charge in [0.2, 0.25) is 5.91 Å². The number of carbonyl (C=O) groups is 3. The van der Waals surface area contributed by atoms with Gasteiger partial charge in [-0.3, -0.25) is 14.5 Å². The van der Waals surface area contributed by atoms with Crippen LogP contribution in [0.4, 0.5) is 4.79 Å². The number of hydrogen-bond acceptors (Lipinski definition) is 3. The molecule has 2 fully saturated rings. The van der Waals surface area contributed by atoms with Crippen molar-refractivity contribution in [3.8, 4) is 0 Å². The van der Waals surface area contributed by atoms with Crippen molar-refractivity contribution in [1.82, 2.24) is 15.1 Å². The maximum Gasteiger partial charge on any atom is 0.325 e. The van der Waals surface area contributed by atoms with Gasteiger partial charge in [-0.1, -0.05) is 37.5 Å². The summed E-state index contributed by atoms with van der Waals surface area (Å²) in [5.41, 5.74) is 2.26. The Kier molecular flexibility index (Phi) is 4.89. The van der Waals surface area contributed by atoms with Gasteiger partial charge >= 0.3 is 6.03 Å². The fraction of sp³-hybridized carbons (Fsp3) is 0.591. The number of hydrogen-bond donors (Lipinski definition) is 1. The second-order valence-corrected chi connectivity index (χ2v) is 8.58. The van der Waals surface area contributed by atoms with Crippen molar-refractivity contribution < 1.29 is 14.4 Å². The van der Waals surface area contributed by atoms with Crippen LogP contribution in [-0.4, -0.2) is 47.3 Å². The number of rotatable bonds is 4. The first-order chi connectivity index (χ1) is 13.4. The van der Waals surface area contributed by atoms with Crippen LogP contribution < -0.4 is 5.32 Å². The summed E-state index contributed by atoms with van der Waals surface area (Å²) in [5.74, 6) is -0.519. The zero-order valence-corrected chi connectivity index (χ0v) is 16.8. The molecule has 1 aliphatic heterocycles. The Morgan fingerprint density at radius 2 is 1.86 bits per heavy atom. The molecule has 4 amide bonds. The monoisotopic (exact) mass is 383 g/mol. The maximum absolute atomic E-state index is 13.1. The molecule has 6 nitrogen and oxygen atoms in total. The number of benzene rings is 1. The molecule has 2 aliphatic carbocycles. The van der Waals surface area contributed by atoms with Gasteiger partial charge in [-0.25, -0.2) is 4.79 Å². The second-order valence-electron chi connectivity index (χ2n) is 8.58. The van der Waals surface area contributed by atoms with Gasteiger partial charge in [-0.15, -0.1) is 0 Å². The largest absolute Gasteiger partial charge is 0.341 e. The molecule has 6 heteroatoms. The van der Waals surface area contributed by atoms with Gasteiger partial charge in [0.05, 0.1) is 0 Å². The Balaban J connectivity index is 1.49. The smallest absolute Gasteiger partial charge is 0.325 e. The van der Waals surface area contributed by atoms with Gasteiger partial charge in [0, 0.05) is 13.1 Å². The van der Waals surface area contributed by atoms with E-state index in [1.807, 2.05) is 12.1 Å². The highest BCUT2D eigenvalue weighted by Gasteiger charge is 2.50. The molecule has 0 radical (unpaired) electrons. The van der Waals surface area contributed by atoms with Crippen molar-refractivity contribution in [3.63, 3.8) is 0 Å². The number of urea groups is 1. The van der Waals surface area contributed by atoms with Crippen LogP contribution in [0.2, 0.25) is 0 Å². The summed E-state index contributed by atoms with van der Waals surface area (Å²) in [4.78, 5) is 41.3. The van der Waals surface area contributed by atoms with Crippen molar-refractivity contribution in [3.05, 3.63) is 34.9 Å². The van der Waals surface area contributed by atoms with E-state index in [0.717, 1.165) is 55.4 Å². The Morgan fingerprint density at radius 3 is 2.61 bits per heavy atom. The summed E-state index contributed by atoms with van der Waals surface area (Å²) in [6, 6.07) is 5.76. The van der Waals surface area contributed by atoms with Gasteiger partial charge in [0.25, 0.3) is 5.91 Å². The molecule has 0 bridgehead atoms. The zero-order chi connectivity index (χ0) is 19.9. The summed E-state index contributed by atoms with van der Waals surface area (Å²) in [6.45, 7) is 1.54. The highest BCUT2D eigenvalue weighted by atomic mass is 16.2. The van der Waals surface area contributed by atoms with Gasteiger partial charge in [0.15, 0.2) is 0 Å². The van der Waals surface area contributed by atoms with Crippen LogP contribution in [0.15, 0.2) is 18.2 Å². The summed E-state index contributed by atoms with van der Waals surface area (Å²) in [6.07, 6.45) is 8.67. The minimum atomic E-state index is -1.11. The average Bonchev–Trinajstić information content (AvgIpc) is 3.26. The van der Waals surface area contributed by atoms with E-state index in [1.165, 1.54) is 17.5 Å². The van der Waals surface area contributed by atoms with Gasteiger partial charge in [-0.05, 0) is 55.7 Å². The van der Waals surface area contributed by atoms with Crippen LogP contribution in [0.25, 0.3) is 0 Å². The lowest BCUT2D eigenvalue weighted by atomic mass is 9.89. The lowest BCUT2D eigenvalue weighted by Crippen LogP contribution is -2.46. The predicted molar refractivity (Wildman–Crippen MR) is 106 cm³/mol. The number of nitrogens with one attached hydrogen (secondary N) is 1. The van der Waals surface area contributed by atoms with Gasteiger partial charge in [-0.2, -0.15) is 0 Å². The third kappa shape index (κ3) is 3.19. The molecular weight excluding hydrogens is 354 g/mol. The van der Waals surface area contributed by atoms with Crippen molar-refractivity contribution in [1.29, 1.82) is 0 Å². The third-order valence-corrected chi connectivity index (χ3v) is 6.76. The summed E-state index contributed by atoms with van der Waals surface area (Å²) in [5, 5.41) is 2.83. The first-order valence-electron chi connectivity index (χ1n) is 10.4. The van der Waals surface area contributed by atoms with E-state index in [1.54, 1.807) is 18.9 Å². The molecule has 1 aromatic rings. The number of fused-ring (bicyclic) bond motifs is 1. The SMILES string of the molecule is CN(C(=O)CN1C(=O)NC(C)(c2ccc3c(c2)CCC3)C1=O)C1CCCCC1. The Labute approximate surface area is 166 Å². The van der Waals surface area contributed by atoms with E-state index in [9.17, 15) is 14.4 Å². The topological polar surface area (TPSA) is 69.7 Å². The van der Waals surface area contributed by atoms with E-state index in [4.69, 9.17) is 0 Å². The van der Waals surface area contributed by atoms with Crippen LogP contribution in [-0.2, 0) is 28.0 Å². The standard InChI is InChI=1S/C22H29N3O3/c1-22(17-12-11-15-7-6-8-16(15)13-17)20(27)25(21(28)23-22)14-19(26)24(2)18-9-4-3-5-10-18/h11-13,18H,3-10,14H2,1-2H3,(H,23,28). The second kappa shape index (κ2) is 7.22. The molecule has 4 rings (SSSR count). The molecule has 1 saturated heterocycles. The van der Waals surface area contributed by atoms with Crippen molar-refractivity contribution in [2.24, 2.45) is 0 Å². The predicted octanol–water partition coefficient (Wildman–Crippen LogP) is 2.73. The average molecular weight is 383 g/mol. The van der Waals surface area contributed by atoms with E-state index in [0.29, 0.717) is 0 Å². The molecule has 1 aromatic carbocycles. The molecule has 1 N–H and O–H groups in total. The van der Waals surface area contributed by atoms with E-state index in [2.05, 4.69) is 11.4 Å². The van der Waals surface area contributed by atoms with Crippen LogP contribution in [0.5, 0.6) is 0 Å². The molecule has 1 atom stereocenters. The third-order valence-electron chi connectivity index (χ3n) is 6.76. The number of likely N-dealkylation sites (N-methyl/N-ethyl adjacent to an activating group) is 1. The Hall–Kier alpha value is -2.37. The zero-order valence-electron chi connectivity index (χ0n) is 16.8. The van der Waals surface area contributed by atoms with E-state index in [-0.39, 0.29) is 24.4 Å². The Morgan fingerprint density at radius 1 is 1.14 bits per heavy atom. The van der Waals surface area contributed by atoms with Crippen LogP contribution >= 0.6 is 0 Å². The number of aryl methyl sites for hydroxylation is 2. The molecule has 28 heavy (non-hydrogen) atoms. The molecule has 3 aliphatic rings. The van der Waals surface area contributed by atoms with Crippen LogP contribution in [0.3, 0.4) is 0 Å². The molecular formula is C22H29N3O3. The Bertz CT molecular complexity index is 815. The summed E-state index contributed by atoms with van der Waals surface area (Å²) in [7, 11) is 1.79. The number of amides is 4. The summed E-state index contributed by atoms with van der Waals surface area (Å²) >= 11 is 0. The highest BCUT2D eigenvalue weighted by Crippen LogP contribution is 2.32. The molecule has 1 heterocycles. The number of nitrogens with zero attached hydrogens (tertiary/aromatic N) is 2. The van der Waals surface area contributed by atoms with Crippen LogP contribution in [0, 0.1) is 0 Å². The van der Waals surface area contributed by atoms with Crippen molar-refractivity contribution in [2.75, 3.05) is 13.6 Å². The minimum absolute atomic E-state index is 0.173. The number of imide groups is 1. The minimum Gasteiger partial charge on any atom is -0.341 e. The first kappa shape index (κ1) is 19.0. The highest BCUT2D eigenvalue weighted by molar-refractivity contribution is 6.09. The van der Waals surface area contributed by atoms with E-state index >= 15 is 0 Å². The molecule has 0 aromatic heterocycles. The fourth-order valence-electron chi connectivity index (χ4n) is 4.84. The molecule has 150 valence electrons. The quantitative estimate of drug-likeness (QED) is 0.813. The molecule has 1 saturated carbocycles. The molecule has 1 unspecified atom stereocenters. The normalized spacial score (nSPS) is 25.0. The fourth-order valence-corrected chi connectivity index (χ4v) is 4.84. The number of carbonyl (C=O) groups excluding carboxylic acids is 3. The summed E-state index contributed by atoms with van der Waals surface area (Å²) < 4.78 is 0. The van der Waals surface area contributed by atoms with Gasteiger partial charge < -0.3 is 10.2 Å².